The fourth-order valence-electron chi connectivity index (χ4n) is 4.45. The number of nitrogens with zero attached hydrogens (tertiary/aromatic N) is 5. The van der Waals surface area contributed by atoms with E-state index in [4.69, 9.17) is 23.7 Å². The van der Waals surface area contributed by atoms with E-state index in [-0.39, 0.29) is 5.60 Å². The highest BCUT2D eigenvalue weighted by Gasteiger charge is 2.19. The number of hydrogen-bond acceptors (Lipinski definition) is 8. The number of furan rings is 1. The summed E-state index contributed by atoms with van der Waals surface area (Å²) in [6.07, 6.45) is 5.76. The van der Waals surface area contributed by atoms with Crippen molar-refractivity contribution in [1.82, 2.24) is 19.6 Å². The Morgan fingerprint density at radius 2 is 2.08 bits per heavy atom. The maximum atomic E-state index is 6.25. The van der Waals surface area contributed by atoms with Gasteiger partial charge < -0.3 is 23.5 Å². The number of anilines is 1. The van der Waals surface area contributed by atoms with Crippen molar-refractivity contribution in [2.75, 3.05) is 44.4 Å². The van der Waals surface area contributed by atoms with Crippen LogP contribution in [0.2, 0.25) is 0 Å². The molecule has 1 aliphatic rings. The van der Waals surface area contributed by atoms with Crippen molar-refractivity contribution >= 4 is 22.4 Å². The van der Waals surface area contributed by atoms with Gasteiger partial charge in [-0.05, 0) is 58.7 Å². The maximum Gasteiger partial charge on any atom is 0.231 e. The van der Waals surface area contributed by atoms with Crippen LogP contribution < -0.4 is 9.64 Å². The Morgan fingerprint density at radius 3 is 2.86 bits per heavy atom. The van der Waals surface area contributed by atoms with Crippen LogP contribution in [-0.4, -0.2) is 64.7 Å². The molecule has 0 radical (unpaired) electrons. The van der Waals surface area contributed by atoms with E-state index in [9.17, 15) is 0 Å². The zero-order chi connectivity index (χ0) is 25.1. The van der Waals surface area contributed by atoms with Crippen LogP contribution in [0, 0.1) is 5.92 Å². The van der Waals surface area contributed by atoms with Crippen LogP contribution in [0.1, 0.15) is 40.5 Å². The van der Waals surface area contributed by atoms with Gasteiger partial charge in [-0.3, -0.25) is 0 Å². The summed E-state index contributed by atoms with van der Waals surface area (Å²) in [5.41, 5.74) is 2.08. The van der Waals surface area contributed by atoms with Gasteiger partial charge in [-0.15, -0.1) is 5.10 Å². The predicted molar refractivity (Wildman–Crippen MR) is 139 cm³/mol. The van der Waals surface area contributed by atoms with Crippen LogP contribution in [-0.2, 0) is 9.47 Å². The normalized spacial score (nSPS) is 16.6. The molecular formula is C27H35N5O4. The predicted octanol–water partition coefficient (Wildman–Crippen LogP) is 4.98. The van der Waals surface area contributed by atoms with E-state index in [1.165, 1.54) is 0 Å². The van der Waals surface area contributed by atoms with E-state index in [2.05, 4.69) is 42.6 Å². The van der Waals surface area contributed by atoms with Gasteiger partial charge in [-0.1, -0.05) is 0 Å². The fraction of sp³-hybridized carbons (Fsp3) is 0.519. The third kappa shape index (κ3) is 5.47. The smallest absolute Gasteiger partial charge is 0.231 e. The Balaban J connectivity index is 1.40. The molecule has 1 saturated heterocycles. The standard InChI is InChI=1S/C27H35N5O4/c1-5-31(12-14-35-27(2,3)4)26-20-15-23(36-22(20)10-11-28-26)21-16-29-24-8-9-25(30-32(21)24)34-18-19-7-6-13-33-17-19/h8-11,15-16,19H,5-7,12-14,17-18H2,1-4H3/t19-/m0/s1. The molecule has 1 atom stereocenters. The molecule has 1 aliphatic heterocycles. The number of fused-ring (bicyclic) bond motifs is 2. The molecule has 192 valence electrons. The first-order valence-electron chi connectivity index (χ1n) is 12.7. The molecule has 36 heavy (non-hydrogen) atoms. The van der Waals surface area contributed by atoms with Crippen LogP contribution in [0.5, 0.6) is 5.88 Å². The fourth-order valence-corrected chi connectivity index (χ4v) is 4.45. The van der Waals surface area contributed by atoms with E-state index < -0.39 is 0 Å². The first kappa shape index (κ1) is 24.5. The monoisotopic (exact) mass is 493 g/mol. The Bertz CT molecular complexity index is 1300. The molecule has 1 fully saturated rings. The third-order valence-electron chi connectivity index (χ3n) is 6.31. The van der Waals surface area contributed by atoms with Crippen molar-refractivity contribution in [1.29, 1.82) is 0 Å². The Hall–Kier alpha value is -3.17. The van der Waals surface area contributed by atoms with E-state index in [1.54, 1.807) is 16.9 Å². The quantitative estimate of drug-likeness (QED) is 0.322. The van der Waals surface area contributed by atoms with Gasteiger partial charge in [0.15, 0.2) is 11.4 Å². The molecule has 0 unspecified atom stereocenters. The lowest BCUT2D eigenvalue weighted by Crippen LogP contribution is -2.31. The van der Waals surface area contributed by atoms with Crippen LogP contribution in [0.25, 0.3) is 28.1 Å². The van der Waals surface area contributed by atoms with Crippen molar-refractivity contribution in [3.8, 4) is 17.3 Å². The van der Waals surface area contributed by atoms with Crippen molar-refractivity contribution < 1.29 is 18.6 Å². The summed E-state index contributed by atoms with van der Waals surface area (Å²) in [6.45, 7) is 12.7. The highest BCUT2D eigenvalue weighted by atomic mass is 16.5. The highest BCUT2D eigenvalue weighted by molar-refractivity contribution is 5.91. The molecular weight excluding hydrogens is 458 g/mol. The first-order valence-corrected chi connectivity index (χ1v) is 12.7. The zero-order valence-corrected chi connectivity index (χ0v) is 21.6. The highest BCUT2D eigenvalue weighted by Crippen LogP contribution is 2.33. The van der Waals surface area contributed by atoms with Crippen LogP contribution in [0.15, 0.2) is 41.1 Å². The molecule has 0 spiro atoms. The molecule has 4 aromatic heterocycles. The van der Waals surface area contributed by atoms with Gasteiger partial charge in [0, 0.05) is 37.9 Å². The van der Waals surface area contributed by atoms with Crippen molar-refractivity contribution in [3.63, 3.8) is 0 Å². The molecule has 4 aromatic rings. The molecule has 5 heterocycles. The summed E-state index contributed by atoms with van der Waals surface area (Å²) < 4.78 is 25.5. The summed E-state index contributed by atoms with van der Waals surface area (Å²) in [4.78, 5) is 11.4. The average molecular weight is 494 g/mol. The second-order valence-corrected chi connectivity index (χ2v) is 10.2. The Morgan fingerprint density at radius 1 is 1.19 bits per heavy atom. The molecule has 0 aliphatic carbocycles. The van der Waals surface area contributed by atoms with Gasteiger partial charge >= 0.3 is 0 Å². The summed E-state index contributed by atoms with van der Waals surface area (Å²) in [7, 11) is 0. The van der Waals surface area contributed by atoms with E-state index in [0.29, 0.717) is 30.8 Å². The van der Waals surface area contributed by atoms with Crippen LogP contribution >= 0.6 is 0 Å². The second kappa shape index (κ2) is 10.4. The maximum absolute atomic E-state index is 6.25. The number of pyridine rings is 1. The SMILES string of the molecule is CCN(CCOC(C)(C)C)c1nccc2oc(-c3cnc4ccc(OC[C@H]5CCCOC5)nn34)cc12. The van der Waals surface area contributed by atoms with Gasteiger partial charge in [0.2, 0.25) is 5.88 Å². The summed E-state index contributed by atoms with van der Waals surface area (Å²) in [5.74, 6) is 2.51. The van der Waals surface area contributed by atoms with Crippen molar-refractivity contribution in [3.05, 3.63) is 36.7 Å². The van der Waals surface area contributed by atoms with Gasteiger partial charge in [-0.25, -0.2) is 14.5 Å². The number of ether oxygens (including phenoxy) is 3. The number of likely N-dealkylation sites (N-methyl/N-ethyl adjacent to an activating group) is 1. The molecule has 0 saturated carbocycles. The molecule has 9 heteroatoms. The van der Waals surface area contributed by atoms with Gasteiger partial charge in [-0.2, -0.15) is 0 Å². The zero-order valence-electron chi connectivity index (χ0n) is 21.6. The lowest BCUT2D eigenvalue weighted by Gasteiger charge is -2.25. The third-order valence-corrected chi connectivity index (χ3v) is 6.31. The number of imidazole rings is 1. The second-order valence-electron chi connectivity index (χ2n) is 10.2. The van der Waals surface area contributed by atoms with E-state index in [0.717, 1.165) is 67.3 Å². The largest absolute Gasteiger partial charge is 0.476 e. The number of hydrogen-bond donors (Lipinski definition) is 0. The molecule has 0 amide bonds. The summed E-state index contributed by atoms with van der Waals surface area (Å²) in [6, 6.07) is 7.67. The van der Waals surface area contributed by atoms with E-state index >= 15 is 0 Å². The van der Waals surface area contributed by atoms with Gasteiger partial charge in [0.05, 0.1) is 37.0 Å². The minimum atomic E-state index is -0.176. The van der Waals surface area contributed by atoms with Crippen LogP contribution in [0.4, 0.5) is 5.82 Å². The first-order chi connectivity index (χ1) is 17.4. The Kier molecular flexibility index (Phi) is 7.11. The lowest BCUT2D eigenvalue weighted by molar-refractivity contribution is 0.00139. The Labute approximate surface area is 211 Å². The molecule has 0 bridgehead atoms. The van der Waals surface area contributed by atoms with E-state index in [1.807, 2.05) is 24.3 Å². The van der Waals surface area contributed by atoms with Gasteiger partial charge in [0.1, 0.15) is 17.1 Å². The number of rotatable bonds is 9. The molecule has 5 rings (SSSR count). The molecule has 9 nitrogen and oxygen atoms in total. The summed E-state index contributed by atoms with van der Waals surface area (Å²) >= 11 is 0. The molecule has 0 N–H and O–H groups in total. The van der Waals surface area contributed by atoms with Gasteiger partial charge in [0.25, 0.3) is 0 Å². The van der Waals surface area contributed by atoms with Crippen molar-refractivity contribution in [2.24, 2.45) is 5.92 Å². The number of aromatic nitrogens is 4. The van der Waals surface area contributed by atoms with Crippen LogP contribution in [0.3, 0.4) is 0 Å². The average Bonchev–Trinajstić information content (AvgIpc) is 3.49. The topological polar surface area (TPSA) is 87.2 Å². The molecule has 0 aromatic carbocycles. The lowest BCUT2D eigenvalue weighted by atomic mass is 10.0. The van der Waals surface area contributed by atoms with Crippen molar-refractivity contribution in [2.45, 2.75) is 46.1 Å². The minimum absolute atomic E-state index is 0.176. The summed E-state index contributed by atoms with van der Waals surface area (Å²) in [5, 5.41) is 5.64. The minimum Gasteiger partial charge on any atom is -0.476 e.